The third-order valence-corrected chi connectivity index (χ3v) is 3.13. The first-order chi connectivity index (χ1) is 10.2. The SMILES string of the molecule is C[C@H](NC(=O)[C@H](CCCCN)NC(=O)[C@@H](N)[C@@H](C)O)C(=O)O. The topological polar surface area (TPSA) is 168 Å². The van der Waals surface area contributed by atoms with Crippen molar-refractivity contribution < 1.29 is 24.6 Å². The summed E-state index contributed by atoms with van der Waals surface area (Å²) in [6.07, 6.45) is 0.482. The van der Waals surface area contributed by atoms with Crippen molar-refractivity contribution in [1.82, 2.24) is 10.6 Å². The Morgan fingerprint density at radius 1 is 1.09 bits per heavy atom. The number of carbonyl (C=O) groups is 3. The molecule has 0 spiro atoms. The van der Waals surface area contributed by atoms with Crippen molar-refractivity contribution in [2.24, 2.45) is 11.5 Å². The van der Waals surface area contributed by atoms with E-state index in [0.717, 1.165) is 0 Å². The fraction of sp³-hybridized carbons (Fsp3) is 0.769. The van der Waals surface area contributed by atoms with E-state index in [0.29, 0.717) is 25.8 Å². The summed E-state index contributed by atoms with van der Waals surface area (Å²) in [5, 5.41) is 22.8. The lowest BCUT2D eigenvalue weighted by atomic mass is 10.1. The number of unbranched alkanes of at least 4 members (excludes halogenated alkanes) is 1. The zero-order valence-corrected chi connectivity index (χ0v) is 12.9. The molecule has 0 unspecified atom stereocenters. The molecule has 0 saturated carbocycles. The first kappa shape index (κ1) is 20.3. The quantitative estimate of drug-likeness (QED) is 0.251. The van der Waals surface area contributed by atoms with Gasteiger partial charge in [0.05, 0.1) is 6.10 Å². The van der Waals surface area contributed by atoms with Crippen LogP contribution in [0.4, 0.5) is 0 Å². The monoisotopic (exact) mass is 318 g/mol. The van der Waals surface area contributed by atoms with Gasteiger partial charge in [-0.15, -0.1) is 0 Å². The van der Waals surface area contributed by atoms with Gasteiger partial charge in [0.1, 0.15) is 18.1 Å². The van der Waals surface area contributed by atoms with E-state index in [4.69, 9.17) is 16.6 Å². The van der Waals surface area contributed by atoms with E-state index in [1.165, 1.54) is 13.8 Å². The smallest absolute Gasteiger partial charge is 0.325 e. The van der Waals surface area contributed by atoms with Crippen molar-refractivity contribution in [2.75, 3.05) is 6.54 Å². The molecular formula is C13H26N4O5. The molecule has 0 saturated heterocycles. The Morgan fingerprint density at radius 3 is 2.14 bits per heavy atom. The number of nitrogens with one attached hydrogen (secondary N) is 2. The Bertz CT molecular complexity index is 389. The number of carbonyl (C=O) groups excluding carboxylic acids is 2. The van der Waals surface area contributed by atoms with Crippen LogP contribution in [0.5, 0.6) is 0 Å². The number of rotatable bonds is 10. The fourth-order valence-corrected chi connectivity index (χ4v) is 1.62. The van der Waals surface area contributed by atoms with Crippen LogP contribution in [0.25, 0.3) is 0 Å². The van der Waals surface area contributed by atoms with Crippen LogP contribution in [0, 0.1) is 0 Å². The molecule has 0 fully saturated rings. The molecule has 9 nitrogen and oxygen atoms in total. The van der Waals surface area contributed by atoms with Crippen LogP contribution >= 0.6 is 0 Å². The van der Waals surface area contributed by atoms with Gasteiger partial charge in [-0.25, -0.2) is 0 Å². The van der Waals surface area contributed by atoms with E-state index >= 15 is 0 Å². The Kier molecular flexibility index (Phi) is 9.31. The minimum Gasteiger partial charge on any atom is -0.480 e. The average Bonchev–Trinajstić information content (AvgIpc) is 2.44. The van der Waals surface area contributed by atoms with Crippen LogP contribution in [0.3, 0.4) is 0 Å². The predicted molar refractivity (Wildman–Crippen MR) is 79.7 cm³/mol. The summed E-state index contributed by atoms with van der Waals surface area (Å²) < 4.78 is 0. The van der Waals surface area contributed by atoms with E-state index in [9.17, 15) is 19.5 Å². The lowest BCUT2D eigenvalue weighted by Crippen LogP contribution is -2.55. The highest BCUT2D eigenvalue weighted by molar-refractivity contribution is 5.91. The number of aliphatic carboxylic acids is 1. The van der Waals surface area contributed by atoms with Gasteiger partial charge < -0.3 is 32.3 Å². The van der Waals surface area contributed by atoms with Gasteiger partial charge in [0.15, 0.2) is 0 Å². The minimum absolute atomic E-state index is 0.299. The second kappa shape index (κ2) is 10.1. The molecule has 0 heterocycles. The molecule has 22 heavy (non-hydrogen) atoms. The molecular weight excluding hydrogens is 292 g/mol. The molecule has 9 heteroatoms. The highest BCUT2D eigenvalue weighted by Gasteiger charge is 2.27. The third kappa shape index (κ3) is 7.34. The maximum atomic E-state index is 12.1. The van der Waals surface area contributed by atoms with Crippen molar-refractivity contribution in [2.45, 2.75) is 57.3 Å². The number of hydrogen-bond donors (Lipinski definition) is 6. The van der Waals surface area contributed by atoms with Crippen molar-refractivity contribution in [1.29, 1.82) is 0 Å². The Balaban J connectivity index is 4.77. The van der Waals surface area contributed by atoms with E-state index in [-0.39, 0.29) is 0 Å². The standard InChI is InChI=1S/C13H26N4O5/c1-7(13(21)22)16-11(19)9(5-3-4-6-14)17-12(20)10(15)8(2)18/h7-10,18H,3-6,14-15H2,1-2H3,(H,16,19)(H,17,20)(H,21,22)/t7-,8+,9-,10-/m0/s1. The zero-order chi connectivity index (χ0) is 17.3. The van der Waals surface area contributed by atoms with Crippen molar-refractivity contribution >= 4 is 17.8 Å². The molecule has 0 aromatic rings. The summed E-state index contributed by atoms with van der Waals surface area (Å²) >= 11 is 0. The van der Waals surface area contributed by atoms with Crippen LogP contribution in [-0.2, 0) is 14.4 Å². The minimum atomic E-state index is -1.18. The highest BCUT2D eigenvalue weighted by atomic mass is 16.4. The van der Waals surface area contributed by atoms with Gasteiger partial charge in [0, 0.05) is 0 Å². The van der Waals surface area contributed by atoms with Crippen LogP contribution in [-0.4, -0.2) is 58.8 Å². The molecule has 0 aromatic heterocycles. The third-order valence-electron chi connectivity index (χ3n) is 3.13. The van der Waals surface area contributed by atoms with E-state index in [2.05, 4.69) is 10.6 Å². The maximum Gasteiger partial charge on any atom is 0.325 e. The van der Waals surface area contributed by atoms with Gasteiger partial charge in [-0.2, -0.15) is 0 Å². The van der Waals surface area contributed by atoms with Gasteiger partial charge in [-0.1, -0.05) is 0 Å². The summed E-state index contributed by atoms with van der Waals surface area (Å²) in [5.74, 6) is -2.47. The predicted octanol–water partition coefficient (Wildman–Crippen LogP) is -2.10. The first-order valence-electron chi connectivity index (χ1n) is 7.18. The molecule has 0 rings (SSSR count). The van der Waals surface area contributed by atoms with E-state index in [1.54, 1.807) is 0 Å². The van der Waals surface area contributed by atoms with Crippen molar-refractivity contribution in [3.8, 4) is 0 Å². The largest absolute Gasteiger partial charge is 0.480 e. The Hall–Kier alpha value is -1.71. The molecule has 0 bridgehead atoms. The molecule has 8 N–H and O–H groups in total. The van der Waals surface area contributed by atoms with Crippen molar-refractivity contribution in [3.05, 3.63) is 0 Å². The zero-order valence-electron chi connectivity index (χ0n) is 12.9. The molecule has 0 aliphatic rings. The number of aliphatic hydroxyl groups is 1. The molecule has 2 amide bonds. The molecule has 0 aliphatic heterocycles. The highest BCUT2D eigenvalue weighted by Crippen LogP contribution is 2.03. The maximum absolute atomic E-state index is 12.1. The number of carboxylic acids is 1. The molecule has 0 aromatic carbocycles. The van der Waals surface area contributed by atoms with Gasteiger partial charge in [0.2, 0.25) is 11.8 Å². The molecule has 4 atom stereocenters. The van der Waals surface area contributed by atoms with Gasteiger partial charge in [0.25, 0.3) is 0 Å². The fourth-order valence-electron chi connectivity index (χ4n) is 1.62. The Labute approximate surface area is 129 Å². The van der Waals surface area contributed by atoms with E-state index < -0.39 is 42.0 Å². The number of aliphatic hydroxyl groups excluding tert-OH is 1. The number of carboxylic acid groups (broad SMARTS) is 1. The van der Waals surface area contributed by atoms with E-state index in [1.807, 2.05) is 0 Å². The summed E-state index contributed by atoms with van der Waals surface area (Å²) in [7, 11) is 0. The second-order valence-electron chi connectivity index (χ2n) is 5.18. The Morgan fingerprint density at radius 2 is 1.68 bits per heavy atom. The summed E-state index contributed by atoms with van der Waals surface area (Å²) in [4.78, 5) is 34.7. The normalized spacial score (nSPS) is 16.2. The lowest BCUT2D eigenvalue weighted by molar-refractivity contribution is -0.141. The lowest BCUT2D eigenvalue weighted by Gasteiger charge is -2.22. The van der Waals surface area contributed by atoms with Crippen molar-refractivity contribution in [3.63, 3.8) is 0 Å². The molecule has 0 aliphatic carbocycles. The molecule has 128 valence electrons. The summed E-state index contributed by atoms with van der Waals surface area (Å²) in [6.45, 7) is 3.13. The van der Waals surface area contributed by atoms with Crippen LogP contribution < -0.4 is 22.1 Å². The average molecular weight is 318 g/mol. The second-order valence-corrected chi connectivity index (χ2v) is 5.18. The van der Waals surface area contributed by atoms with Crippen LogP contribution in [0.15, 0.2) is 0 Å². The summed E-state index contributed by atoms with van der Waals surface area (Å²) in [5.41, 5.74) is 10.9. The van der Waals surface area contributed by atoms with Gasteiger partial charge >= 0.3 is 5.97 Å². The molecule has 0 radical (unpaired) electrons. The summed E-state index contributed by atoms with van der Waals surface area (Å²) in [6, 6.07) is -3.17. The van der Waals surface area contributed by atoms with Gasteiger partial charge in [-0.3, -0.25) is 14.4 Å². The van der Waals surface area contributed by atoms with Gasteiger partial charge in [-0.05, 0) is 39.7 Å². The number of nitrogens with two attached hydrogens (primary N) is 2. The van der Waals surface area contributed by atoms with Crippen LogP contribution in [0.1, 0.15) is 33.1 Å². The number of amides is 2. The number of hydrogen-bond acceptors (Lipinski definition) is 6. The first-order valence-corrected chi connectivity index (χ1v) is 7.18. The van der Waals surface area contributed by atoms with Crippen LogP contribution in [0.2, 0.25) is 0 Å².